The molecule has 0 bridgehead atoms. The summed E-state index contributed by atoms with van der Waals surface area (Å²) >= 11 is 9.94. The normalized spacial score (nSPS) is 11.4. The Labute approximate surface area is 233 Å². The monoisotopic (exact) mass is 606 g/mol. The zero-order valence-electron chi connectivity index (χ0n) is 19.8. The molecule has 0 unspecified atom stereocenters. The average molecular weight is 608 g/mol. The fraction of sp³-hybridized carbons (Fsp3) is 0.0741. The van der Waals surface area contributed by atoms with E-state index in [0.29, 0.717) is 28.5 Å². The number of hydrogen-bond donors (Lipinski definition) is 2. The predicted octanol–water partition coefficient (Wildman–Crippen LogP) is 5.77. The lowest BCUT2D eigenvalue weighted by atomic mass is 10.1. The molecule has 0 amide bonds. The minimum atomic E-state index is -3.72. The van der Waals surface area contributed by atoms with Gasteiger partial charge < -0.3 is 5.32 Å². The first-order valence-corrected chi connectivity index (χ1v) is 14.1. The van der Waals surface area contributed by atoms with E-state index in [-0.39, 0.29) is 11.4 Å². The Hall–Kier alpha value is -3.75. The largest absolute Gasteiger partial charge is 0.366 e. The second-order valence-electron chi connectivity index (χ2n) is 8.37. The molecule has 190 valence electrons. The Balaban J connectivity index is 1.33. The summed E-state index contributed by atoms with van der Waals surface area (Å²) in [7, 11) is -3.72. The number of aromatic nitrogens is 3. The minimum absolute atomic E-state index is 0.107. The standard InChI is InChI=1S/C27H20BrClN6O2S/c28-23-17-32-35-26(13-25(34-27(23)35)22-6-1-2-7-24(22)29)31-15-19-4-3-5-20(12-19)16-33-38(36,37)21-10-8-18(14-30)9-11-21/h1-13,17,31,33H,15-16H2. The van der Waals surface area contributed by atoms with Crippen molar-refractivity contribution in [1.82, 2.24) is 19.3 Å². The molecule has 5 aromatic rings. The molecular weight excluding hydrogens is 588 g/mol. The van der Waals surface area contributed by atoms with E-state index in [0.717, 1.165) is 27.0 Å². The smallest absolute Gasteiger partial charge is 0.240 e. The van der Waals surface area contributed by atoms with Gasteiger partial charge in [0.05, 0.1) is 32.9 Å². The van der Waals surface area contributed by atoms with Crippen LogP contribution in [0.25, 0.3) is 16.9 Å². The summed E-state index contributed by atoms with van der Waals surface area (Å²) in [6, 6.07) is 24.8. The summed E-state index contributed by atoms with van der Waals surface area (Å²) in [4.78, 5) is 4.83. The van der Waals surface area contributed by atoms with E-state index in [1.807, 2.05) is 60.7 Å². The zero-order chi connectivity index (χ0) is 26.7. The highest BCUT2D eigenvalue weighted by Gasteiger charge is 2.15. The van der Waals surface area contributed by atoms with Gasteiger partial charge in [-0.05, 0) is 57.4 Å². The average Bonchev–Trinajstić information content (AvgIpc) is 3.31. The van der Waals surface area contributed by atoms with Crippen molar-refractivity contribution in [2.45, 2.75) is 18.0 Å². The van der Waals surface area contributed by atoms with Crippen LogP contribution in [0.3, 0.4) is 0 Å². The van der Waals surface area contributed by atoms with E-state index in [9.17, 15) is 8.42 Å². The molecule has 0 saturated carbocycles. The number of fused-ring (bicyclic) bond motifs is 1. The molecular formula is C27H20BrClN6O2S. The minimum Gasteiger partial charge on any atom is -0.366 e. The number of anilines is 1. The van der Waals surface area contributed by atoms with Crippen LogP contribution in [0.1, 0.15) is 16.7 Å². The third-order valence-electron chi connectivity index (χ3n) is 5.80. The fourth-order valence-corrected chi connectivity index (χ4v) is 5.48. The summed E-state index contributed by atoms with van der Waals surface area (Å²) in [5.74, 6) is 0.725. The molecule has 38 heavy (non-hydrogen) atoms. The van der Waals surface area contributed by atoms with E-state index in [4.69, 9.17) is 21.8 Å². The highest BCUT2D eigenvalue weighted by molar-refractivity contribution is 9.10. The van der Waals surface area contributed by atoms with Gasteiger partial charge in [-0.15, -0.1) is 0 Å². The van der Waals surface area contributed by atoms with Crippen molar-refractivity contribution in [2.24, 2.45) is 0 Å². The first-order chi connectivity index (χ1) is 18.3. The highest BCUT2D eigenvalue weighted by Crippen LogP contribution is 2.30. The third kappa shape index (κ3) is 5.56. The van der Waals surface area contributed by atoms with Gasteiger partial charge in [0.15, 0.2) is 5.65 Å². The van der Waals surface area contributed by atoms with Crippen molar-refractivity contribution >= 4 is 49.0 Å². The van der Waals surface area contributed by atoms with Gasteiger partial charge in [0.25, 0.3) is 0 Å². The molecule has 8 nitrogen and oxygen atoms in total. The Bertz CT molecular complexity index is 1780. The van der Waals surface area contributed by atoms with Crippen molar-refractivity contribution in [1.29, 1.82) is 5.26 Å². The molecule has 2 aromatic heterocycles. The number of sulfonamides is 1. The first kappa shape index (κ1) is 25.9. The van der Waals surface area contributed by atoms with Gasteiger partial charge in [0.2, 0.25) is 10.0 Å². The van der Waals surface area contributed by atoms with Gasteiger partial charge in [-0.2, -0.15) is 14.9 Å². The molecule has 0 spiro atoms. The van der Waals surface area contributed by atoms with Crippen LogP contribution >= 0.6 is 27.5 Å². The number of benzene rings is 3. The van der Waals surface area contributed by atoms with Gasteiger partial charge >= 0.3 is 0 Å². The van der Waals surface area contributed by atoms with Crippen LogP contribution in [-0.4, -0.2) is 23.0 Å². The highest BCUT2D eigenvalue weighted by atomic mass is 79.9. The number of nitrogens with one attached hydrogen (secondary N) is 2. The lowest BCUT2D eigenvalue weighted by Gasteiger charge is -2.13. The molecule has 0 aliphatic rings. The third-order valence-corrected chi connectivity index (χ3v) is 8.11. The van der Waals surface area contributed by atoms with Crippen LogP contribution < -0.4 is 10.0 Å². The van der Waals surface area contributed by atoms with Crippen LogP contribution in [0.5, 0.6) is 0 Å². The van der Waals surface area contributed by atoms with Crippen LogP contribution in [0.2, 0.25) is 5.02 Å². The maximum absolute atomic E-state index is 12.7. The maximum atomic E-state index is 12.7. The zero-order valence-corrected chi connectivity index (χ0v) is 22.9. The quantitative estimate of drug-likeness (QED) is 0.232. The maximum Gasteiger partial charge on any atom is 0.240 e. The molecule has 11 heteroatoms. The molecule has 5 rings (SSSR count). The van der Waals surface area contributed by atoms with E-state index in [2.05, 4.69) is 31.1 Å². The Morgan fingerprint density at radius 2 is 1.71 bits per heavy atom. The summed E-state index contributed by atoms with van der Waals surface area (Å²) < 4.78 is 30.4. The van der Waals surface area contributed by atoms with Crippen LogP contribution in [0, 0.1) is 11.3 Å². The molecule has 2 heterocycles. The summed E-state index contributed by atoms with van der Waals surface area (Å²) in [6.45, 7) is 0.590. The molecule has 2 N–H and O–H groups in total. The molecule has 0 radical (unpaired) electrons. The molecule has 0 saturated heterocycles. The molecule has 0 atom stereocenters. The Morgan fingerprint density at radius 1 is 0.974 bits per heavy atom. The molecule has 0 fully saturated rings. The van der Waals surface area contributed by atoms with Crippen molar-refractivity contribution in [2.75, 3.05) is 5.32 Å². The van der Waals surface area contributed by atoms with E-state index in [1.54, 1.807) is 10.7 Å². The Morgan fingerprint density at radius 3 is 2.45 bits per heavy atom. The Kier molecular flexibility index (Phi) is 7.44. The second kappa shape index (κ2) is 10.9. The van der Waals surface area contributed by atoms with Gasteiger partial charge in [-0.1, -0.05) is 54.1 Å². The van der Waals surface area contributed by atoms with E-state index in [1.165, 1.54) is 24.3 Å². The van der Waals surface area contributed by atoms with Crippen LogP contribution in [0.15, 0.2) is 94.4 Å². The van der Waals surface area contributed by atoms with E-state index < -0.39 is 10.0 Å². The summed E-state index contributed by atoms with van der Waals surface area (Å²) in [5, 5.41) is 17.4. The number of nitriles is 1. The van der Waals surface area contributed by atoms with Crippen molar-refractivity contribution in [3.05, 3.63) is 111 Å². The fourth-order valence-electron chi connectivity index (χ4n) is 3.88. The lowest BCUT2D eigenvalue weighted by molar-refractivity contribution is 0.581. The molecule has 0 aliphatic heterocycles. The van der Waals surface area contributed by atoms with Gasteiger partial charge in [-0.3, -0.25) is 0 Å². The number of rotatable bonds is 8. The molecule has 3 aromatic carbocycles. The van der Waals surface area contributed by atoms with Crippen LogP contribution in [-0.2, 0) is 23.1 Å². The lowest BCUT2D eigenvalue weighted by Crippen LogP contribution is -2.23. The summed E-state index contributed by atoms with van der Waals surface area (Å²) in [5.41, 5.74) is 4.32. The van der Waals surface area contributed by atoms with Crippen LogP contribution in [0.4, 0.5) is 5.82 Å². The second-order valence-corrected chi connectivity index (χ2v) is 11.4. The SMILES string of the molecule is N#Cc1ccc(S(=O)(=O)NCc2cccc(CNc3cc(-c4ccccc4Cl)nc4c(Br)cnn34)c2)cc1. The summed E-state index contributed by atoms with van der Waals surface area (Å²) in [6.07, 6.45) is 1.69. The van der Waals surface area contributed by atoms with Gasteiger partial charge in [0.1, 0.15) is 5.82 Å². The number of nitrogens with zero attached hydrogens (tertiary/aromatic N) is 4. The van der Waals surface area contributed by atoms with Crippen molar-refractivity contribution < 1.29 is 8.42 Å². The van der Waals surface area contributed by atoms with Gasteiger partial charge in [-0.25, -0.2) is 18.1 Å². The topological polar surface area (TPSA) is 112 Å². The van der Waals surface area contributed by atoms with E-state index >= 15 is 0 Å². The first-order valence-electron chi connectivity index (χ1n) is 11.4. The van der Waals surface area contributed by atoms with Crippen molar-refractivity contribution in [3.8, 4) is 17.3 Å². The number of hydrogen-bond acceptors (Lipinski definition) is 6. The number of halogens is 2. The predicted molar refractivity (Wildman–Crippen MR) is 150 cm³/mol. The van der Waals surface area contributed by atoms with Gasteiger partial charge in [0, 0.05) is 29.7 Å². The van der Waals surface area contributed by atoms with Crippen molar-refractivity contribution in [3.63, 3.8) is 0 Å². The molecule has 0 aliphatic carbocycles.